The summed E-state index contributed by atoms with van der Waals surface area (Å²) in [5.74, 6) is 0.411. The van der Waals surface area contributed by atoms with E-state index in [1.165, 1.54) is 24.3 Å². The van der Waals surface area contributed by atoms with Crippen LogP contribution in [0.5, 0.6) is 0 Å². The topological polar surface area (TPSA) is 135 Å². The summed E-state index contributed by atoms with van der Waals surface area (Å²) in [6.45, 7) is 4.01. The molecule has 0 aliphatic heterocycles. The fourth-order valence-corrected chi connectivity index (χ4v) is 3.69. The van der Waals surface area contributed by atoms with Crippen LogP contribution >= 0.6 is 11.8 Å². The molecule has 182 valence electrons. The van der Waals surface area contributed by atoms with E-state index < -0.39 is 4.92 Å². The number of benzene rings is 3. The molecule has 0 saturated carbocycles. The zero-order valence-corrected chi connectivity index (χ0v) is 20.4. The Morgan fingerprint density at radius 1 is 0.778 bits per heavy atom. The van der Waals surface area contributed by atoms with Gasteiger partial charge < -0.3 is 16.0 Å². The normalized spacial score (nSPS) is 10.5. The molecule has 0 radical (unpaired) electrons. The lowest BCUT2D eigenvalue weighted by atomic mass is 10.2. The van der Waals surface area contributed by atoms with Crippen LogP contribution in [0.1, 0.15) is 11.1 Å². The number of amides is 1. The summed E-state index contributed by atoms with van der Waals surface area (Å²) in [7, 11) is 0. The molecule has 0 bridgehead atoms. The van der Waals surface area contributed by atoms with Gasteiger partial charge in [-0.15, -0.1) is 0 Å². The minimum Gasteiger partial charge on any atom is -0.325 e. The van der Waals surface area contributed by atoms with Crippen LogP contribution in [0.15, 0.2) is 78.0 Å². The molecule has 36 heavy (non-hydrogen) atoms. The van der Waals surface area contributed by atoms with Crippen molar-refractivity contribution in [1.82, 2.24) is 15.0 Å². The number of nitrogens with zero attached hydrogens (tertiary/aromatic N) is 4. The van der Waals surface area contributed by atoms with Crippen LogP contribution < -0.4 is 16.0 Å². The second-order valence-electron chi connectivity index (χ2n) is 7.89. The second kappa shape index (κ2) is 11.3. The zero-order chi connectivity index (χ0) is 25.5. The maximum atomic E-state index is 12.5. The lowest BCUT2D eigenvalue weighted by Crippen LogP contribution is -2.14. The van der Waals surface area contributed by atoms with Gasteiger partial charge in [-0.05, 0) is 50.2 Å². The number of non-ortho nitro benzene ring substituents is 1. The SMILES string of the molecule is Cc1ccc(Nc2nc(Nc3ccc(C)cc3)nc(SCC(=O)Nc3ccc([N+](=O)[O-])cc3)n2)cc1. The molecule has 0 aliphatic carbocycles. The predicted molar refractivity (Wildman–Crippen MR) is 141 cm³/mol. The highest BCUT2D eigenvalue weighted by Crippen LogP contribution is 2.23. The zero-order valence-electron chi connectivity index (χ0n) is 19.6. The molecule has 10 nitrogen and oxygen atoms in total. The van der Waals surface area contributed by atoms with Crippen molar-refractivity contribution >= 4 is 52.3 Å². The molecule has 0 atom stereocenters. The molecule has 4 aromatic rings. The third-order valence-corrected chi connectivity index (χ3v) is 5.77. The molecule has 3 aromatic carbocycles. The number of hydrogen-bond acceptors (Lipinski definition) is 9. The van der Waals surface area contributed by atoms with Gasteiger partial charge in [0.05, 0.1) is 10.7 Å². The van der Waals surface area contributed by atoms with Crippen molar-refractivity contribution in [3.63, 3.8) is 0 Å². The van der Waals surface area contributed by atoms with Gasteiger partial charge in [0.15, 0.2) is 5.16 Å². The fourth-order valence-electron chi connectivity index (χ4n) is 3.06. The number of thioether (sulfide) groups is 1. The number of nitro groups is 1. The Bertz CT molecular complexity index is 1300. The minimum atomic E-state index is -0.493. The van der Waals surface area contributed by atoms with E-state index in [2.05, 4.69) is 30.9 Å². The molecule has 0 aliphatic rings. The summed E-state index contributed by atoms with van der Waals surface area (Å²) in [6.07, 6.45) is 0. The van der Waals surface area contributed by atoms with Gasteiger partial charge in [-0.2, -0.15) is 15.0 Å². The molecule has 11 heteroatoms. The quantitative estimate of drug-likeness (QED) is 0.152. The largest absolute Gasteiger partial charge is 0.325 e. The van der Waals surface area contributed by atoms with Crippen molar-refractivity contribution in [2.24, 2.45) is 0 Å². The molecule has 1 heterocycles. The van der Waals surface area contributed by atoms with Crippen LogP contribution in [0.2, 0.25) is 0 Å². The Kier molecular flexibility index (Phi) is 7.71. The molecule has 0 unspecified atom stereocenters. The lowest BCUT2D eigenvalue weighted by Gasteiger charge is -2.11. The first kappa shape index (κ1) is 24.6. The van der Waals surface area contributed by atoms with Gasteiger partial charge in [0.1, 0.15) is 0 Å². The standard InChI is InChI=1S/C25H23N7O3S/c1-16-3-7-19(8-4-16)27-23-29-24(28-20-9-5-17(2)6-10-20)31-25(30-23)36-15-22(33)26-18-11-13-21(14-12-18)32(34)35/h3-14H,15H2,1-2H3,(H,26,33)(H2,27,28,29,30,31). The Hall–Kier alpha value is -4.51. The first-order chi connectivity index (χ1) is 17.3. The van der Waals surface area contributed by atoms with Gasteiger partial charge in [0, 0.05) is 29.2 Å². The smallest absolute Gasteiger partial charge is 0.269 e. The molecule has 3 N–H and O–H groups in total. The van der Waals surface area contributed by atoms with Crippen LogP contribution in [0.3, 0.4) is 0 Å². The van der Waals surface area contributed by atoms with Crippen molar-refractivity contribution in [1.29, 1.82) is 0 Å². The molecular formula is C25H23N7O3S. The Morgan fingerprint density at radius 2 is 1.25 bits per heavy atom. The maximum Gasteiger partial charge on any atom is 0.269 e. The van der Waals surface area contributed by atoms with Crippen LogP contribution in [-0.4, -0.2) is 31.5 Å². The summed E-state index contributed by atoms with van der Waals surface area (Å²) < 4.78 is 0. The van der Waals surface area contributed by atoms with E-state index in [0.717, 1.165) is 34.3 Å². The highest BCUT2D eigenvalue weighted by Gasteiger charge is 2.12. The number of nitro benzene ring substituents is 1. The van der Waals surface area contributed by atoms with E-state index in [1.54, 1.807) is 0 Å². The number of hydrogen-bond donors (Lipinski definition) is 3. The van der Waals surface area contributed by atoms with Crippen LogP contribution in [0.25, 0.3) is 0 Å². The first-order valence-corrected chi connectivity index (χ1v) is 11.9. The van der Waals surface area contributed by atoms with Crippen LogP contribution in [0.4, 0.5) is 34.6 Å². The van der Waals surface area contributed by atoms with Crippen molar-refractivity contribution < 1.29 is 9.72 Å². The third kappa shape index (κ3) is 7.00. The molecule has 1 amide bonds. The second-order valence-corrected chi connectivity index (χ2v) is 8.83. The summed E-state index contributed by atoms with van der Waals surface area (Å²) >= 11 is 1.15. The average molecular weight is 502 g/mol. The van der Waals surface area contributed by atoms with Gasteiger partial charge in [-0.25, -0.2) is 0 Å². The van der Waals surface area contributed by atoms with Gasteiger partial charge in [-0.1, -0.05) is 47.2 Å². The molecule has 0 saturated heterocycles. The number of carbonyl (C=O) groups excluding carboxylic acids is 1. The molecule has 4 rings (SSSR count). The molecule has 0 spiro atoms. The Balaban J connectivity index is 1.48. The monoisotopic (exact) mass is 501 g/mol. The highest BCUT2D eigenvalue weighted by atomic mass is 32.2. The Morgan fingerprint density at radius 3 is 1.72 bits per heavy atom. The van der Waals surface area contributed by atoms with Crippen molar-refractivity contribution in [3.05, 3.63) is 94.0 Å². The van der Waals surface area contributed by atoms with Crippen LogP contribution in [-0.2, 0) is 4.79 Å². The van der Waals surface area contributed by atoms with Crippen molar-refractivity contribution in [2.45, 2.75) is 19.0 Å². The number of nitrogens with one attached hydrogen (secondary N) is 3. The van der Waals surface area contributed by atoms with E-state index in [4.69, 9.17) is 0 Å². The summed E-state index contributed by atoms with van der Waals surface area (Å²) in [4.78, 5) is 36.1. The number of carbonyl (C=O) groups is 1. The first-order valence-electron chi connectivity index (χ1n) is 10.9. The third-order valence-electron chi connectivity index (χ3n) is 4.92. The Labute approximate surface area is 211 Å². The predicted octanol–water partition coefficient (Wildman–Crippen LogP) is 5.61. The van der Waals surface area contributed by atoms with Gasteiger partial charge in [-0.3, -0.25) is 14.9 Å². The van der Waals surface area contributed by atoms with Gasteiger partial charge in [0.25, 0.3) is 5.69 Å². The molecular weight excluding hydrogens is 478 g/mol. The van der Waals surface area contributed by atoms with E-state index in [-0.39, 0.29) is 17.3 Å². The van der Waals surface area contributed by atoms with Gasteiger partial charge >= 0.3 is 0 Å². The summed E-state index contributed by atoms with van der Waals surface area (Å²) in [6, 6.07) is 21.3. The number of aryl methyl sites for hydroxylation is 2. The minimum absolute atomic E-state index is 0.0367. The fraction of sp³-hybridized carbons (Fsp3) is 0.120. The summed E-state index contributed by atoms with van der Waals surface area (Å²) in [5.41, 5.74) is 4.32. The number of aromatic nitrogens is 3. The molecule has 0 fully saturated rings. The van der Waals surface area contributed by atoms with Gasteiger partial charge in [0.2, 0.25) is 17.8 Å². The van der Waals surface area contributed by atoms with E-state index >= 15 is 0 Å². The van der Waals surface area contributed by atoms with Crippen molar-refractivity contribution in [3.8, 4) is 0 Å². The highest BCUT2D eigenvalue weighted by molar-refractivity contribution is 7.99. The van der Waals surface area contributed by atoms with Crippen molar-refractivity contribution in [2.75, 3.05) is 21.7 Å². The maximum absolute atomic E-state index is 12.5. The number of anilines is 5. The molecule has 1 aromatic heterocycles. The van der Waals surface area contributed by atoms with E-state index in [0.29, 0.717) is 22.7 Å². The van der Waals surface area contributed by atoms with Crippen LogP contribution in [0, 0.1) is 24.0 Å². The average Bonchev–Trinajstić information content (AvgIpc) is 2.86. The van der Waals surface area contributed by atoms with E-state index in [1.807, 2.05) is 62.4 Å². The summed E-state index contributed by atoms with van der Waals surface area (Å²) in [5, 5.41) is 20.2. The number of rotatable bonds is 9. The lowest BCUT2D eigenvalue weighted by molar-refractivity contribution is -0.384. The van der Waals surface area contributed by atoms with E-state index in [9.17, 15) is 14.9 Å².